The monoisotopic (exact) mass is 327 g/mol. The first kappa shape index (κ1) is 18.1. The molecule has 6 nitrogen and oxygen atoms in total. The van der Waals surface area contributed by atoms with E-state index in [0.717, 1.165) is 0 Å². The standard InChI is InChI=1S/C15H22ClN3O3/c1-15(2,3)22-14(21)19-9-5-8-18-13(20)10-6-4-7-11(16)12(10)17/h4,6-7H,5,8-9,17H2,1-3H3,(H,18,20)(H,19,21). The van der Waals surface area contributed by atoms with Crippen LogP contribution in [-0.4, -0.2) is 30.7 Å². The summed E-state index contributed by atoms with van der Waals surface area (Å²) < 4.78 is 5.10. The highest BCUT2D eigenvalue weighted by Crippen LogP contribution is 2.22. The Bertz CT molecular complexity index is 541. The maximum absolute atomic E-state index is 11.9. The van der Waals surface area contributed by atoms with Gasteiger partial charge in [-0.1, -0.05) is 17.7 Å². The Morgan fingerprint density at radius 3 is 2.50 bits per heavy atom. The summed E-state index contributed by atoms with van der Waals surface area (Å²) in [6.45, 7) is 6.19. The Balaban J connectivity index is 2.29. The first-order chi connectivity index (χ1) is 10.2. The third kappa shape index (κ3) is 6.22. The second-order valence-electron chi connectivity index (χ2n) is 5.74. The average molecular weight is 328 g/mol. The maximum Gasteiger partial charge on any atom is 0.407 e. The predicted octanol–water partition coefficient (Wildman–Crippen LogP) is 2.57. The average Bonchev–Trinajstić information content (AvgIpc) is 2.39. The number of nitrogen functional groups attached to an aromatic ring is 1. The maximum atomic E-state index is 11.9. The van der Waals surface area contributed by atoms with Crippen molar-refractivity contribution in [2.75, 3.05) is 18.8 Å². The number of nitrogens with two attached hydrogens (primary N) is 1. The molecule has 0 unspecified atom stereocenters. The van der Waals surface area contributed by atoms with E-state index in [1.54, 1.807) is 39.0 Å². The van der Waals surface area contributed by atoms with Gasteiger partial charge in [-0.25, -0.2) is 4.79 Å². The van der Waals surface area contributed by atoms with Crippen LogP contribution in [0.25, 0.3) is 0 Å². The summed E-state index contributed by atoms with van der Waals surface area (Å²) in [5, 5.41) is 5.68. The Labute approximate surface area is 135 Å². The fourth-order valence-corrected chi connectivity index (χ4v) is 1.80. The van der Waals surface area contributed by atoms with E-state index in [1.165, 1.54) is 0 Å². The molecule has 0 aliphatic carbocycles. The summed E-state index contributed by atoms with van der Waals surface area (Å²) in [5.41, 5.74) is 5.82. The van der Waals surface area contributed by atoms with Crippen molar-refractivity contribution in [2.24, 2.45) is 0 Å². The molecular formula is C15H22ClN3O3. The van der Waals surface area contributed by atoms with E-state index < -0.39 is 11.7 Å². The van der Waals surface area contributed by atoms with Gasteiger partial charge in [-0.15, -0.1) is 0 Å². The van der Waals surface area contributed by atoms with E-state index in [9.17, 15) is 9.59 Å². The highest BCUT2D eigenvalue weighted by atomic mass is 35.5. The lowest BCUT2D eigenvalue weighted by atomic mass is 10.1. The van der Waals surface area contributed by atoms with Crippen molar-refractivity contribution >= 4 is 29.3 Å². The quantitative estimate of drug-likeness (QED) is 0.572. The zero-order chi connectivity index (χ0) is 16.8. The topological polar surface area (TPSA) is 93.5 Å². The fraction of sp³-hybridized carbons (Fsp3) is 0.467. The second kappa shape index (κ2) is 7.89. The summed E-state index contributed by atoms with van der Waals surface area (Å²) >= 11 is 5.86. The Hall–Kier alpha value is -1.95. The van der Waals surface area contributed by atoms with Crippen molar-refractivity contribution < 1.29 is 14.3 Å². The number of hydrogen-bond acceptors (Lipinski definition) is 4. The smallest absolute Gasteiger partial charge is 0.407 e. The van der Waals surface area contributed by atoms with Crippen LogP contribution in [0.5, 0.6) is 0 Å². The number of rotatable bonds is 5. The van der Waals surface area contributed by atoms with Crippen LogP contribution < -0.4 is 16.4 Å². The molecule has 0 bridgehead atoms. The van der Waals surface area contributed by atoms with Gasteiger partial charge >= 0.3 is 6.09 Å². The van der Waals surface area contributed by atoms with Crippen LogP contribution in [0.3, 0.4) is 0 Å². The first-order valence-electron chi connectivity index (χ1n) is 7.00. The number of alkyl carbamates (subject to hydrolysis) is 1. The molecule has 1 rings (SSSR count). The number of carbonyl (C=O) groups excluding carboxylic acids is 2. The molecule has 7 heteroatoms. The zero-order valence-electron chi connectivity index (χ0n) is 13.0. The normalized spacial score (nSPS) is 10.9. The highest BCUT2D eigenvalue weighted by molar-refractivity contribution is 6.33. The van der Waals surface area contributed by atoms with Gasteiger partial charge in [-0.2, -0.15) is 0 Å². The lowest BCUT2D eigenvalue weighted by molar-refractivity contribution is 0.0527. The molecule has 0 atom stereocenters. The van der Waals surface area contributed by atoms with Crippen molar-refractivity contribution in [3.63, 3.8) is 0 Å². The summed E-state index contributed by atoms with van der Waals surface area (Å²) in [6, 6.07) is 4.89. The van der Waals surface area contributed by atoms with Crippen molar-refractivity contribution in [1.29, 1.82) is 0 Å². The van der Waals surface area contributed by atoms with Gasteiger partial charge in [0.05, 0.1) is 16.3 Å². The SMILES string of the molecule is CC(C)(C)OC(=O)NCCCNC(=O)c1cccc(Cl)c1N. The van der Waals surface area contributed by atoms with E-state index in [4.69, 9.17) is 22.1 Å². The van der Waals surface area contributed by atoms with Crippen LogP contribution in [0.4, 0.5) is 10.5 Å². The molecule has 0 aliphatic heterocycles. The number of anilines is 1. The molecule has 0 fully saturated rings. The van der Waals surface area contributed by atoms with Crippen LogP contribution in [0.15, 0.2) is 18.2 Å². The number of nitrogens with one attached hydrogen (secondary N) is 2. The third-order valence-electron chi connectivity index (χ3n) is 2.60. The van der Waals surface area contributed by atoms with E-state index in [1.807, 2.05) is 0 Å². The molecule has 4 N–H and O–H groups in total. The zero-order valence-corrected chi connectivity index (χ0v) is 13.8. The molecule has 0 saturated carbocycles. The van der Waals surface area contributed by atoms with Crippen molar-refractivity contribution in [3.05, 3.63) is 28.8 Å². The van der Waals surface area contributed by atoms with Gasteiger partial charge in [-0.3, -0.25) is 4.79 Å². The van der Waals surface area contributed by atoms with E-state index in [0.29, 0.717) is 30.1 Å². The molecular weight excluding hydrogens is 306 g/mol. The third-order valence-corrected chi connectivity index (χ3v) is 2.93. The van der Waals surface area contributed by atoms with Crippen LogP contribution in [0, 0.1) is 0 Å². The minimum Gasteiger partial charge on any atom is -0.444 e. The molecule has 0 saturated heterocycles. The molecule has 0 spiro atoms. The largest absolute Gasteiger partial charge is 0.444 e. The lowest BCUT2D eigenvalue weighted by Crippen LogP contribution is -2.34. The molecule has 0 heterocycles. The Kier molecular flexibility index (Phi) is 6.49. The molecule has 122 valence electrons. The number of benzene rings is 1. The van der Waals surface area contributed by atoms with E-state index in [-0.39, 0.29) is 11.6 Å². The Morgan fingerprint density at radius 1 is 1.23 bits per heavy atom. The second-order valence-corrected chi connectivity index (χ2v) is 6.15. The highest BCUT2D eigenvalue weighted by Gasteiger charge is 2.15. The minimum atomic E-state index is -0.525. The lowest BCUT2D eigenvalue weighted by Gasteiger charge is -2.19. The molecule has 1 aromatic rings. The summed E-state index contributed by atoms with van der Waals surface area (Å²) in [5.74, 6) is -0.294. The number of ether oxygens (including phenoxy) is 1. The van der Waals surface area contributed by atoms with E-state index in [2.05, 4.69) is 10.6 Å². The van der Waals surface area contributed by atoms with Gasteiger partial charge in [0.15, 0.2) is 0 Å². The molecule has 0 radical (unpaired) electrons. The van der Waals surface area contributed by atoms with Crippen molar-refractivity contribution in [2.45, 2.75) is 32.8 Å². The minimum absolute atomic E-state index is 0.258. The van der Waals surface area contributed by atoms with Gasteiger partial charge in [0.25, 0.3) is 5.91 Å². The number of halogens is 1. The molecule has 0 aromatic heterocycles. The van der Waals surface area contributed by atoms with Gasteiger partial charge in [0, 0.05) is 13.1 Å². The van der Waals surface area contributed by atoms with Crippen molar-refractivity contribution in [3.8, 4) is 0 Å². The summed E-state index contributed by atoms with van der Waals surface area (Å²) in [7, 11) is 0. The van der Waals surface area contributed by atoms with E-state index >= 15 is 0 Å². The number of amides is 2. The predicted molar refractivity (Wildman–Crippen MR) is 87.1 cm³/mol. The molecule has 22 heavy (non-hydrogen) atoms. The molecule has 0 aliphatic rings. The summed E-state index contributed by atoms with van der Waals surface area (Å²) in [6.07, 6.45) is 0.101. The molecule has 2 amide bonds. The number of para-hydroxylation sites is 1. The molecule has 1 aromatic carbocycles. The van der Waals surface area contributed by atoms with Gasteiger partial charge in [0.2, 0.25) is 0 Å². The summed E-state index contributed by atoms with van der Waals surface area (Å²) in [4.78, 5) is 23.3. The number of carbonyl (C=O) groups is 2. The van der Waals surface area contributed by atoms with Gasteiger partial charge in [0.1, 0.15) is 5.60 Å². The first-order valence-corrected chi connectivity index (χ1v) is 7.37. The van der Waals surface area contributed by atoms with Crippen molar-refractivity contribution in [1.82, 2.24) is 10.6 Å². The van der Waals surface area contributed by atoms with Gasteiger partial charge < -0.3 is 21.1 Å². The Morgan fingerprint density at radius 2 is 1.86 bits per heavy atom. The van der Waals surface area contributed by atoms with Gasteiger partial charge in [-0.05, 0) is 39.3 Å². The fourth-order valence-electron chi connectivity index (χ4n) is 1.63. The van der Waals surface area contributed by atoms with Crippen LogP contribution in [0.1, 0.15) is 37.6 Å². The van der Waals surface area contributed by atoms with Crippen LogP contribution in [0.2, 0.25) is 5.02 Å². The number of hydrogen-bond donors (Lipinski definition) is 3. The van der Waals surface area contributed by atoms with Crippen LogP contribution >= 0.6 is 11.6 Å². The van der Waals surface area contributed by atoms with Crippen LogP contribution in [-0.2, 0) is 4.74 Å².